The van der Waals surface area contributed by atoms with Crippen LogP contribution in [0.4, 0.5) is 0 Å². The van der Waals surface area contributed by atoms with Gasteiger partial charge in [-0.1, -0.05) is 39.9 Å². The average Bonchev–Trinajstić information content (AvgIpc) is 1.99. The van der Waals surface area contributed by atoms with Crippen molar-refractivity contribution in [3.05, 3.63) is 23.3 Å². The monoisotopic (exact) mass is 221 g/mol. The molecule has 0 aromatic heterocycles. The van der Waals surface area contributed by atoms with E-state index in [0.29, 0.717) is 5.75 Å². The third kappa shape index (κ3) is 2.62. The summed E-state index contributed by atoms with van der Waals surface area (Å²) in [6, 6.07) is 4.09. The molecule has 1 aromatic carbocycles. The van der Waals surface area contributed by atoms with Crippen molar-refractivity contribution in [1.29, 1.82) is 0 Å². The zero-order valence-electron chi connectivity index (χ0n) is 10.6. The fourth-order valence-electron chi connectivity index (χ4n) is 1.88. The second-order valence-corrected chi connectivity index (χ2v) is 7.96. The van der Waals surface area contributed by atoms with Crippen molar-refractivity contribution < 1.29 is 5.11 Å². The molecule has 1 aromatic rings. The third-order valence-electron chi connectivity index (χ3n) is 2.57. The fraction of sp³-hybridized carbons (Fsp3) is 0.538. The first-order chi connectivity index (χ1) is 6.73. The summed E-state index contributed by atoms with van der Waals surface area (Å²) in [5.41, 5.74) is 2.56. The van der Waals surface area contributed by atoms with Crippen LogP contribution < -0.4 is 5.19 Å². The molecule has 1 radical (unpaired) electrons. The average molecular weight is 221 g/mol. The molecule has 1 rings (SSSR count). The number of aromatic hydroxyl groups is 1. The maximum atomic E-state index is 10.0. The predicted octanol–water partition coefficient (Wildman–Crippen LogP) is 2.96. The molecule has 0 aliphatic carbocycles. The third-order valence-corrected chi connectivity index (χ3v) is 4.10. The Morgan fingerprint density at radius 1 is 1.13 bits per heavy atom. The largest absolute Gasteiger partial charge is 0.508 e. The van der Waals surface area contributed by atoms with Crippen molar-refractivity contribution in [3.63, 3.8) is 0 Å². The van der Waals surface area contributed by atoms with Gasteiger partial charge in [0, 0.05) is 0 Å². The standard InChI is InChI=1S/C13H21OSi/c1-9-7-10(13(2,3)4)12(15(5)6)11(14)8-9/h7-8,14H,1-6H3. The van der Waals surface area contributed by atoms with E-state index in [4.69, 9.17) is 0 Å². The number of rotatable bonds is 1. The van der Waals surface area contributed by atoms with Crippen LogP contribution in [0.3, 0.4) is 0 Å². The molecule has 0 heterocycles. The molecule has 0 atom stereocenters. The van der Waals surface area contributed by atoms with Gasteiger partial charge in [-0.25, -0.2) is 0 Å². The van der Waals surface area contributed by atoms with Gasteiger partial charge < -0.3 is 5.11 Å². The van der Waals surface area contributed by atoms with Crippen LogP contribution in [0.25, 0.3) is 0 Å². The second-order valence-electron chi connectivity index (χ2n) is 5.46. The first-order valence-electron chi connectivity index (χ1n) is 5.38. The maximum absolute atomic E-state index is 10.0. The lowest BCUT2D eigenvalue weighted by Crippen LogP contribution is -2.33. The Morgan fingerprint density at radius 3 is 2.07 bits per heavy atom. The summed E-state index contributed by atoms with van der Waals surface area (Å²) in [7, 11) is -0.621. The summed E-state index contributed by atoms with van der Waals surface area (Å²) >= 11 is 0. The van der Waals surface area contributed by atoms with Crippen molar-refractivity contribution in [2.45, 2.75) is 46.2 Å². The van der Waals surface area contributed by atoms with Gasteiger partial charge in [0.1, 0.15) is 5.75 Å². The van der Waals surface area contributed by atoms with Crippen LogP contribution in [0.5, 0.6) is 5.75 Å². The molecule has 0 aliphatic rings. The van der Waals surface area contributed by atoms with Crippen molar-refractivity contribution in [1.82, 2.24) is 0 Å². The van der Waals surface area contributed by atoms with Gasteiger partial charge in [0.15, 0.2) is 0 Å². The summed E-state index contributed by atoms with van der Waals surface area (Å²) < 4.78 is 0. The molecule has 0 saturated carbocycles. The molecule has 1 N–H and O–H groups in total. The van der Waals surface area contributed by atoms with Crippen LogP contribution in [0.15, 0.2) is 12.1 Å². The zero-order valence-corrected chi connectivity index (χ0v) is 11.6. The number of aryl methyl sites for hydroxylation is 1. The number of phenols is 1. The molecule has 0 bridgehead atoms. The summed E-state index contributed by atoms with van der Waals surface area (Å²) in [5.74, 6) is 0.485. The molecule has 0 unspecified atom stereocenters. The van der Waals surface area contributed by atoms with E-state index in [2.05, 4.69) is 39.9 Å². The quantitative estimate of drug-likeness (QED) is 0.723. The number of phenolic OH excluding ortho intramolecular Hbond substituents is 1. The van der Waals surface area contributed by atoms with Crippen LogP contribution in [-0.4, -0.2) is 13.9 Å². The zero-order chi connectivity index (χ0) is 11.8. The van der Waals surface area contributed by atoms with Crippen LogP contribution >= 0.6 is 0 Å². The summed E-state index contributed by atoms with van der Waals surface area (Å²) in [5, 5.41) is 11.2. The molecule has 0 saturated heterocycles. The normalized spacial score (nSPS) is 12.2. The fourth-order valence-corrected chi connectivity index (χ4v) is 3.45. The van der Waals surface area contributed by atoms with Gasteiger partial charge in [-0.3, -0.25) is 0 Å². The Labute approximate surface area is 94.8 Å². The predicted molar refractivity (Wildman–Crippen MR) is 68.7 cm³/mol. The van der Waals surface area contributed by atoms with Gasteiger partial charge in [-0.15, -0.1) is 0 Å². The molecule has 0 amide bonds. The number of hydrogen-bond acceptors (Lipinski definition) is 1. The molecular weight excluding hydrogens is 200 g/mol. The molecule has 83 valence electrons. The number of hydrogen-bond donors (Lipinski definition) is 1. The van der Waals surface area contributed by atoms with Gasteiger partial charge in [-0.05, 0) is 34.7 Å². The van der Waals surface area contributed by atoms with E-state index in [1.54, 1.807) is 0 Å². The molecule has 15 heavy (non-hydrogen) atoms. The molecule has 1 nitrogen and oxygen atoms in total. The molecule has 0 aliphatic heterocycles. The first kappa shape index (κ1) is 12.3. The maximum Gasteiger partial charge on any atom is 0.115 e. The van der Waals surface area contributed by atoms with Gasteiger partial charge >= 0.3 is 0 Å². The Morgan fingerprint density at radius 2 is 1.67 bits per heavy atom. The smallest absolute Gasteiger partial charge is 0.115 e. The molecule has 2 heteroatoms. The Hall–Kier alpha value is -0.763. The van der Waals surface area contributed by atoms with Crippen molar-refractivity contribution in [3.8, 4) is 5.75 Å². The molecule has 0 fully saturated rings. The Balaban J connectivity index is 3.47. The van der Waals surface area contributed by atoms with Crippen molar-refractivity contribution in [2.75, 3.05) is 0 Å². The molecular formula is C13H21OSi. The van der Waals surface area contributed by atoms with E-state index >= 15 is 0 Å². The van der Waals surface area contributed by atoms with Crippen molar-refractivity contribution >= 4 is 14.0 Å². The van der Waals surface area contributed by atoms with Gasteiger partial charge in [0.25, 0.3) is 0 Å². The molecule has 0 spiro atoms. The summed E-state index contributed by atoms with van der Waals surface area (Å²) in [6.07, 6.45) is 0. The van der Waals surface area contributed by atoms with Crippen LogP contribution in [0.2, 0.25) is 13.1 Å². The minimum Gasteiger partial charge on any atom is -0.508 e. The van der Waals surface area contributed by atoms with E-state index < -0.39 is 8.80 Å². The van der Waals surface area contributed by atoms with Crippen LogP contribution in [-0.2, 0) is 5.41 Å². The summed E-state index contributed by atoms with van der Waals surface area (Å²) in [6.45, 7) is 13.1. The lowest BCUT2D eigenvalue weighted by atomic mass is 9.86. The highest BCUT2D eigenvalue weighted by Gasteiger charge is 2.22. The van der Waals surface area contributed by atoms with Crippen LogP contribution in [0, 0.1) is 6.92 Å². The van der Waals surface area contributed by atoms with Gasteiger partial charge in [-0.2, -0.15) is 0 Å². The Kier molecular flexibility index (Phi) is 3.29. The van der Waals surface area contributed by atoms with Crippen molar-refractivity contribution in [2.24, 2.45) is 0 Å². The van der Waals surface area contributed by atoms with E-state index in [1.807, 2.05) is 13.0 Å². The minimum absolute atomic E-state index is 0.112. The Bertz CT molecular complexity index is 362. The highest BCUT2D eigenvalue weighted by atomic mass is 28.3. The highest BCUT2D eigenvalue weighted by Crippen LogP contribution is 2.25. The SMILES string of the molecule is Cc1cc(O)c([Si](C)C)c(C(C)(C)C)c1. The van der Waals surface area contributed by atoms with E-state index in [-0.39, 0.29) is 5.41 Å². The van der Waals surface area contributed by atoms with E-state index in [1.165, 1.54) is 10.8 Å². The van der Waals surface area contributed by atoms with E-state index in [0.717, 1.165) is 5.56 Å². The second kappa shape index (κ2) is 4.01. The van der Waals surface area contributed by atoms with Crippen LogP contribution in [0.1, 0.15) is 31.9 Å². The summed E-state index contributed by atoms with van der Waals surface area (Å²) in [4.78, 5) is 0. The lowest BCUT2D eigenvalue weighted by molar-refractivity contribution is 0.475. The number of benzene rings is 1. The minimum atomic E-state index is -0.621. The van der Waals surface area contributed by atoms with Gasteiger partial charge in [0.2, 0.25) is 0 Å². The first-order valence-corrected chi connectivity index (χ1v) is 7.88. The lowest BCUT2D eigenvalue weighted by Gasteiger charge is -2.25. The highest BCUT2D eigenvalue weighted by molar-refractivity contribution is 6.72. The van der Waals surface area contributed by atoms with Gasteiger partial charge in [0.05, 0.1) is 8.80 Å². The topological polar surface area (TPSA) is 20.2 Å². The van der Waals surface area contributed by atoms with E-state index in [9.17, 15) is 5.11 Å².